The number of rotatable bonds is 4. The van der Waals surface area contributed by atoms with Crippen LogP contribution in [-0.2, 0) is 4.74 Å². The summed E-state index contributed by atoms with van der Waals surface area (Å²) >= 11 is 7.45. The lowest BCUT2D eigenvalue weighted by atomic mass is 10.1. The normalized spacial score (nSPS) is 12.3. The van der Waals surface area contributed by atoms with Crippen LogP contribution in [0.5, 0.6) is 0 Å². The lowest BCUT2D eigenvalue weighted by Crippen LogP contribution is -2.10. The molecule has 0 saturated carbocycles. The molecule has 0 bridgehead atoms. The summed E-state index contributed by atoms with van der Waals surface area (Å²) in [5, 5.41) is 8.38. The van der Waals surface area contributed by atoms with Crippen LogP contribution in [0, 0.1) is 6.92 Å². The van der Waals surface area contributed by atoms with Gasteiger partial charge in [0.2, 0.25) is 5.89 Å². The lowest BCUT2D eigenvalue weighted by Gasteiger charge is -2.12. The van der Waals surface area contributed by atoms with Gasteiger partial charge in [0.05, 0.1) is 26.0 Å². The number of para-hydroxylation sites is 1. The molecule has 136 valence electrons. The van der Waals surface area contributed by atoms with E-state index in [1.165, 1.54) is 11.3 Å². The summed E-state index contributed by atoms with van der Waals surface area (Å²) in [4.78, 5) is 18.4. The minimum Gasteiger partial charge on any atom is -0.449 e. The number of hydrogen-bond acceptors (Lipinski definition) is 7. The molecular weight excluding hydrogens is 386 g/mol. The van der Waals surface area contributed by atoms with Crippen LogP contribution < -0.4 is 0 Å². The summed E-state index contributed by atoms with van der Waals surface area (Å²) in [6.45, 7) is 3.37. The van der Waals surface area contributed by atoms with Crippen molar-refractivity contribution in [2.75, 3.05) is 0 Å². The molecule has 1 atom stereocenters. The number of carbonyl (C=O) groups is 1. The van der Waals surface area contributed by atoms with E-state index in [9.17, 15) is 4.79 Å². The van der Waals surface area contributed by atoms with Gasteiger partial charge < -0.3 is 9.15 Å². The third-order valence-electron chi connectivity index (χ3n) is 3.93. The zero-order chi connectivity index (χ0) is 19.0. The Morgan fingerprint density at radius 2 is 2.04 bits per heavy atom. The van der Waals surface area contributed by atoms with Crippen LogP contribution in [0.25, 0.3) is 21.5 Å². The highest BCUT2D eigenvalue weighted by molar-refractivity contribution is 7.19. The van der Waals surface area contributed by atoms with Crippen LogP contribution in [0.15, 0.2) is 46.9 Å². The molecule has 1 unspecified atom stereocenters. The van der Waals surface area contributed by atoms with Gasteiger partial charge in [0, 0.05) is 12.3 Å². The van der Waals surface area contributed by atoms with Crippen LogP contribution in [0.3, 0.4) is 0 Å². The molecule has 8 heteroatoms. The van der Waals surface area contributed by atoms with Crippen molar-refractivity contribution < 1.29 is 13.9 Å². The standard InChI is InChI=1S/C19H14ClN3O3S/c1-10(18-23-22-11(2)26-18)25-19(24)13-9-15(16-7-8-17(20)27-16)21-14-6-4-3-5-12(13)14/h3-10H,1-2H3. The number of ether oxygens (including phenoxy) is 1. The number of aryl methyl sites for hydroxylation is 1. The van der Waals surface area contributed by atoms with Gasteiger partial charge in [-0.15, -0.1) is 21.5 Å². The van der Waals surface area contributed by atoms with Crippen molar-refractivity contribution in [3.8, 4) is 10.6 Å². The van der Waals surface area contributed by atoms with Crippen molar-refractivity contribution in [2.45, 2.75) is 20.0 Å². The fourth-order valence-electron chi connectivity index (χ4n) is 2.67. The van der Waals surface area contributed by atoms with E-state index in [0.29, 0.717) is 32.4 Å². The van der Waals surface area contributed by atoms with Crippen molar-refractivity contribution in [3.63, 3.8) is 0 Å². The van der Waals surface area contributed by atoms with Gasteiger partial charge >= 0.3 is 5.97 Å². The van der Waals surface area contributed by atoms with Gasteiger partial charge in [-0.05, 0) is 31.2 Å². The molecule has 3 aromatic heterocycles. The first-order valence-corrected chi connectivity index (χ1v) is 9.37. The first kappa shape index (κ1) is 17.6. The number of esters is 1. The minimum atomic E-state index is -0.662. The van der Waals surface area contributed by atoms with E-state index in [2.05, 4.69) is 15.2 Å². The lowest BCUT2D eigenvalue weighted by molar-refractivity contribution is 0.0279. The third kappa shape index (κ3) is 3.56. The topological polar surface area (TPSA) is 78.1 Å². The maximum absolute atomic E-state index is 12.9. The second-order valence-electron chi connectivity index (χ2n) is 5.88. The van der Waals surface area contributed by atoms with E-state index in [1.807, 2.05) is 30.3 Å². The third-order valence-corrected chi connectivity index (χ3v) is 5.19. The van der Waals surface area contributed by atoms with Crippen molar-refractivity contribution in [1.82, 2.24) is 15.2 Å². The molecule has 6 nitrogen and oxygen atoms in total. The smallest absolute Gasteiger partial charge is 0.339 e. The van der Waals surface area contributed by atoms with Gasteiger partial charge in [0.15, 0.2) is 6.10 Å². The maximum atomic E-state index is 12.9. The number of fused-ring (bicyclic) bond motifs is 1. The van der Waals surface area contributed by atoms with Crippen molar-refractivity contribution in [2.24, 2.45) is 0 Å². The number of thiophene rings is 1. The van der Waals surface area contributed by atoms with E-state index in [1.54, 1.807) is 26.0 Å². The zero-order valence-corrected chi connectivity index (χ0v) is 16.0. The predicted octanol–water partition coefficient (Wildman–Crippen LogP) is 5.23. The van der Waals surface area contributed by atoms with Crippen LogP contribution in [0.1, 0.15) is 35.2 Å². The first-order valence-electron chi connectivity index (χ1n) is 8.18. The maximum Gasteiger partial charge on any atom is 0.339 e. The number of halogens is 1. The molecule has 0 aliphatic carbocycles. The zero-order valence-electron chi connectivity index (χ0n) is 14.5. The molecule has 3 heterocycles. The highest BCUT2D eigenvalue weighted by Gasteiger charge is 2.21. The number of aromatic nitrogens is 3. The van der Waals surface area contributed by atoms with Crippen LogP contribution in [0.2, 0.25) is 4.34 Å². The highest BCUT2D eigenvalue weighted by Crippen LogP contribution is 2.33. The van der Waals surface area contributed by atoms with Crippen molar-refractivity contribution in [3.05, 3.63) is 64.1 Å². The van der Waals surface area contributed by atoms with E-state index in [0.717, 1.165) is 4.88 Å². The number of hydrogen-bond donors (Lipinski definition) is 0. The van der Waals surface area contributed by atoms with E-state index in [4.69, 9.17) is 20.8 Å². The van der Waals surface area contributed by atoms with Crippen LogP contribution in [-0.4, -0.2) is 21.2 Å². The molecule has 0 saturated heterocycles. The van der Waals surface area contributed by atoms with Crippen LogP contribution in [0.4, 0.5) is 0 Å². The van der Waals surface area contributed by atoms with Gasteiger partial charge in [-0.1, -0.05) is 29.8 Å². The molecule has 0 radical (unpaired) electrons. The summed E-state index contributed by atoms with van der Waals surface area (Å²) in [5.74, 6) is 0.185. The minimum absolute atomic E-state index is 0.254. The Labute approximate surface area is 163 Å². The van der Waals surface area contributed by atoms with Crippen molar-refractivity contribution in [1.29, 1.82) is 0 Å². The Kier molecular flexibility index (Phi) is 4.63. The second kappa shape index (κ2) is 7.09. The largest absolute Gasteiger partial charge is 0.449 e. The van der Waals surface area contributed by atoms with E-state index in [-0.39, 0.29) is 5.89 Å². The summed E-state index contributed by atoms with van der Waals surface area (Å²) in [6.07, 6.45) is -0.662. The Bertz CT molecular complexity index is 1140. The van der Waals surface area contributed by atoms with Gasteiger partial charge in [-0.2, -0.15) is 0 Å². The highest BCUT2D eigenvalue weighted by atomic mass is 35.5. The monoisotopic (exact) mass is 399 g/mol. The van der Waals surface area contributed by atoms with Crippen LogP contribution >= 0.6 is 22.9 Å². The Balaban J connectivity index is 1.74. The number of carbonyl (C=O) groups excluding carboxylic acids is 1. The summed E-state index contributed by atoms with van der Waals surface area (Å²) in [6, 6.07) is 12.8. The molecule has 1 aromatic carbocycles. The van der Waals surface area contributed by atoms with Crippen molar-refractivity contribution >= 4 is 39.8 Å². The first-order chi connectivity index (χ1) is 13.0. The fraction of sp³-hybridized carbons (Fsp3) is 0.158. The molecule has 0 aliphatic heterocycles. The number of pyridine rings is 1. The quantitative estimate of drug-likeness (QED) is 0.437. The summed E-state index contributed by atoms with van der Waals surface area (Å²) < 4.78 is 11.6. The molecule has 4 aromatic rings. The number of benzene rings is 1. The van der Waals surface area contributed by atoms with Gasteiger partial charge in [0.1, 0.15) is 0 Å². The summed E-state index contributed by atoms with van der Waals surface area (Å²) in [7, 11) is 0. The predicted molar refractivity (Wildman–Crippen MR) is 103 cm³/mol. The van der Waals surface area contributed by atoms with Gasteiger partial charge in [-0.25, -0.2) is 9.78 Å². The molecule has 0 amide bonds. The average molecular weight is 400 g/mol. The molecule has 27 heavy (non-hydrogen) atoms. The molecule has 0 fully saturated rings. The molecular formula is C19H14ClN3O3S. The van der Waals surface area contributed by atoms with Gasteiger partial charge in [-0.3, -0.25) is 0 Å². The molecule has 0 aliphatic rings. The fourth-order valence-corrected chi connectivity index (χ4v) is 3.68. The Hall–Kier alpha value is -2.77. The van der Waals surface area contributed by atoms with E-state index >= 15 is 0 Å². The summed E-state index contributed by atoms with van der Waals surface area (Å²) in [5.41, 5.74) is 1.79. The molecule has 4 rings (SSSR count). The van der Waals surface area contributed by atoms with E-state index < -0.39 is 12.1 Å². The Morgan fingerprint density at radius 3 is 2.74 bits per heavy atom. The SMILES string of the molecule is Cc1nnc(C(C)OC(=O)c2cc(-c3ccc(Cl)s3)nc3ccccc23)o1. The second-order valence-corrected chi connectivity index (χ2v) is 7.60. The Morgan fingerprint density at radius 1 is 1.22 bits per heavy atom. The number of nitrogens with zero attached hydrogens (tertiary/aromatic N) is 3. The average Bonchev–Trinajstić information content (AvgIpc) is 3.29. The molecule has 0 N–H and O–H groups in total. The molecule has 0 spiro atoms. The van der Waals surface area contributed by atoms with Gasteiger partial charge in [0.25, 0.3) is 5.89 Å².